The summed E-state index contributed by atoms with van der Waals surface area (Å²) in [5.74, 6) is -0.596. The van der Waals surface area contributed by atoms with Crippen LogP contribution in [0.1, 0.15) is 18.0 Å². The highest BCUT2D eigenvalue weighted by Gasteiger charge is 2.23. The summed E-state index contributed by atoms with van der Waals surface area (Å²) in [5, 5.41) is 8.78. The molecule has 0 aliphatic rings. The van der Waals surface area contributed by atoms with Crippen molar-refractivity contribution >= 4 is 15.8 Å². The number of carboxylic acid groups (broad SMARTS) is 1. The lowest BCUT2D eigenvalue weighted by Gasteiger charge is -2.17. The van der Waals surface area contributed by atoms with E-state index < -0.39 is 28.3 Å². The monoisotopic (exact) mass is 303 g/mol. The first-order valence-electron chi connectivity index (χ1n) is 5.64. The van der Waals surface area contributed by atoms with E-state index in [1.54, 1.807) is 0 Å². The number of rotatable bonds is 6. The van der Waals surface area contributed by atoms with Gasteiger partial charge in [-0.1, -0.05) is 0 Å². The van der Waals surface area contributed by atoms with Gasteiger partial charge in [-0.3, -0.25) is 4.79 Å². The fourth-order valence-corrected chi connectivity index (χ4v) is 2.74. The molecule has 1 unspecified atom stereocenters. The molecule has 3 N–H and O–H groups in total. The minimum absolute atomic E-state index is 0.0658. The van der Waals surface area contributed by atoms with Gasteiger partial charge in [0, 0.05) is 18.4 Å². The van der Waals surface area contributed by atoms with Gasteiger partial charge >= 0.3 is 5.97 Å². The van der Waals surface area contributed by atoms with Crippen LogP contribution in [0.5, 0.6) is 11.5 Å². The number of hydrogen-bond donors (Lipinski definition) is 2. The van der Waals surface area contributed by atoms with Gasteiger partial charge in [-0.2, -0.15) is 0 Å². The van der Waals surface area contributed by atoms with Crippen LogP contribution in [0, 0.1) is 0 Å². The molecule has 20 heavy (non-hydrogen) atoms. The Morgan fingerprint density at radius 3 is 2.20 bits per heavy atom. The van der Waals surface area contributed by atoms with Gasteiger partial charge in [0.1, 0.15) is 0 Å². The van der Waals surface area contributed by atoms with Crippen LogP contribution in [-0.4, -0.2) is 40.0 Å². The van der Waals surface area contributed by atoms with E-state index >= 15 is 0 Å². The normalized spacial score (nSPS) is 12.8. The highest BCUT2D eigenvalue weighted by molar-refractivity contribution is 7.90. The molecule has 0 aliphatic carbocycles. The predicted molar refractivity (Wildman–Crippen MR) is 71.8 cm³/mol. The molecule has 8 heteroatoms. The van der Waals surface area contributed by atoms with E-state index in [4.69, 9.17) is 20.3 Å². The molecule has 0 radical (unpaired) electrons. The summed E-state index contributed by atoms with van der Waals surface area (Å²) in [4.78, 5) is 10.7. The summed E-state index contributed by atoms with van der Waals surface area (Å²) in [5.41, 5.74) is 5.95. The highest BCUT2D eigenvalue weighted by atomic mass is 32.2. The number of carboxylic acids is 1. The number of carbonyl (C=O) groups is 1. The zero-order valence-electron chi connectivity index (χ0n) is 11.4. The maximum atomic E-state index is 11.8. The van der Waals surface area contributed by atoms with Gasteiger partial charge in [-0.25, -0.2) is 8.42 Å². The second-order valence-corrected chi connectivity index (χ2v) is 6.21. The molecule has 0 aliphatic heterocycles. The molecule has 0 amide bonds. The molecule has 0 heterocycles. The Balaban J connectivity index is 3.50. The first-order chi connectivity index (χ1) is 9.20. The van der Waals surface area contributed by atoms with Crippen LogP contribution in [0.4, 0.5) is 0 Å². The summed E-state index contributed by atoms with van der Waals surface area (Å²) in [7, 11) is -0.811. The minimum atomic E-state index is -3.58. The van der Waals surface area contributed by atoms with Crippen LogP contribution in [0.15, 0.2) is 17.0 Å². The third-order valence-corrected chi connectivity index (χ3v) is 3.86. The molecule has 0 saturated carbocycles. The molecule has 1 rings (SSSR count). The average molecular weight is 303 g/mol. The topological polar surface area (TPSA) is 116 Å². The Morgan fingerprint density at radius 1 is 1.30 bits per heavy atom. The smallest absolute Gasteiger partial charge is 0.305 e. The van der Waals surface area contributed by atoms with Gasteiger partial charge < -0.3 is 20.3 Å². The van der Waals surface area contributed by atoms with Crippen molar-refractivity contribution in [1.29, 1.82) is 0 Å². The third kappa shape index (κ3) is 3.61. The Labute approximate surface area is 117 Å². The van der Waals surface area contributed by atoms with E-state index in [1.807, 2.05) is 0 Å². The first kappa shape index (κ1) is 16.3. The van der Waals surface area contributed by atoms with Crippen LogP contribution < -0.4 is 15.2 Å². The lowest BCUT2D eigenvalue weighted by molar-refractivity contribution is -0.137. The van der Waals surface area contributed by atoms with Crippen LogP contribution in [0.2, 0.25) is 0 Å². The van der Waals surface area contributed by atoms with Crippen molar-refractivity contribution < 1.29 is 27.8 Å². The number of nitrogens with two attached hydrogens (primary N) is 1. The van der Waals surface area contributed by atoms with E-state index in [2.05, 4.69) is 0 Å². The van der Waals surface area contributed by atoms with E-state index in [0.717, 1.165) is 6.26 Å². The molecular formula is C12H17NO6S. The van der Waals surface area contributed by atoms with Crippen molar-refractivity contribution in [2.24, 2.45) is 5.73 Å². The number of aliphatic carboxylic acids is 1. The number of benzene rings is 1. The molecule has 7 nitrogen and oxygen atoms in total. The van der Waals surface area contributed by atoms with Crippen LogP contribution >= 0.6 is 0 Å². The van der Waals surface area contributed by atoms with Gasteiger partial charge in [-0.05, 0) is 11.6 Å². The zero-order chi connectivity index (χ0) is 15.5. The lowest BCUT2D eigenvalue weighted by atomic mass is 10.0. The molecule has 0 aromatic heterocycles. The van der Waals surface area contributed by atoms with Crippen molar-refractivity contribution in [2.75, 3.05) is 20.5 Å². The second-order valence-electron chi connectivity index (χ2n) is 4.22. The third-order valence-electron chi connectivity index (χ3n) is 2.71. The lowest BCUT2D eigenvalue weighted by Crippen LogP contribution is -2.18. The zero-order valence-corrected chi connectivity index (χ0v) is 12.2. The molecular weight excluding hydrogens is 286 g/mol. The average Bonchev–Trinajstić information content (AvgIpc) is 2.35. The predicted octanol–water partition coefficient (Wildman–Crippen LogP) is 0.582. The largest absolute Gasteiger partial charge is 0.493 e. The van der Waals surface area contributed by atoms with E-state index in [1.165, 1.54) is 26.4 Å². The van der Waals surface area contributed by atoms with Crippen LogP contribution in [-0.2, 0) is 14.6 Å². The Bertz CT molecular complexity index is 611. The van der Waals surface area contributed by atoms with Crippen LogP contribution in [0.25, 0.3) is 0 Å². The molecule has 0 bridgehead atoms. The molecule has 112 valence electrons. The van der Waals surface area contributed by atoms with Gasteiger partial charge in [0.05, 0.1) is 25.5 Å². The summed E-state index contributed by atoms with van der Waals surface area (Å²) in [6.45, 7) is 0. The van der Waals surface area contributed by atoms with Gasteiger partial charge in [0.2, 0.25) is 0 Å². The standard InChI is InChI=1S/C12H17NO6S/c1-18-9-4-7(8(13)5-12(14)15)11(20(3,16)17)6-10(9)19-2/h4,6,8H,5,13H2,1-3H3,(H,14,15). The van der Waals surface area contributed by atoms with Gasteiger partial charge in [-0.15, -0.1) is 0 Å². The van der Waals surface area contributed by atoms with Gasteiger partial charge in [0.15, 0.2) is 21.3 Å². The molecule has 0 saturated heterocycles. The van der Waals surface area contributed by atoms with Crippen LogP contribution in [0.3, 0.4) is 0 Å². The summed E-state index contributed by atoms with van der Waals surface area (Å²) < 4.78 is 33.7. The van der Waals surface area contributed by atoms with E-state index in [-0.39, 0.29) is 22.0 Å². The minimum Gasteiger partial charge on any atom is -0.493 e. The summed E-state index contributed by atoms with van der Waals surface area (Å²) >= 11 is 0. The fraction of sp³-hybridized carbons (Fsp3) is 0.417. The quantitative estimate of drug-likeness (QED) is 0.789. The maximum Gasteiger partial charge on any atom is 0.305 e. The Hall–Kier alpha value is -1.80. The SMILES string of the molecule is COc1cc(C(N)CC(=O)O)c(S(C)(=O)=O)cc1OC. The number of ether oxygens (including phenoxy) is 2. The van der Waals surface area contributed by atoms with Crippen molar-refractivity contribution in [3.8, 4) is 11.5 Å². The first-order valence-corrected chi connectivity index (χ1v) is 7.53. The highest BCUT2D eigenvalue weighted by Crippen LogP contribution is 2.35. The van der Waals surface area contributed by atoms with E-state index in [9.17, 15) is 13.2 Å². The molecule has 1 atom stereocenters. The Morgan fingerprint density at radius 2 is 1.80 bits per heavy atom. The number of sulfone groups is 1. The van der Waals surface area contributed by atoms with Crippen molar-refractivity contribution in [1.82, 2.24) is 0 Å². The molecule has 0 spiro atoms. The summed E-state index contributed by atoms with van der Waals surface area (Å²) in [6, 6.07) is 1.71. The number of methoxy groups -OCH3 is 2. The molecule has 1 aromatic rings. The molecule has 1 aromatic carbocycles. The number of hydrogen-bond acceptors (Lipinski definition) is 6. The fourth-order valence-electron chi connectivity index (χ4n) is 1.79. The second kappa shape index (κ2) is 6.10. The molecule has 0 fully saturated rings. The van der Waals surface area contributed by atoms with Gasteiger partial charge in [0.25, 0.3) is 0 Å². The van der Waals surface area contributed by atoms with E-state index in [0.29, 0.717) is 0 Å². The maximum absolute atomic E-state index is 11.8. The Kier molecular flexibility index (Phi) is 4.96. The van der Waals surface area contributed by atoms with Crippen molar-refractivity contribution in [3.63, 3.8) is 0 Å². The van der Waals surface area contributed by atoms with Crippen molar-refractivity contribution in [2.45, 2.75) is 17.4 Å². The summed E-state index contributed by atoms with van der Waals surface area (Å²) in [6.07, 6.45) is 0.628. The van der Waals surface area contributed by atoms with Crippen molar-refractivity contribution in [3.05, 3.63) is 17.7 Å².